The van der Waals surface area contributed by atoms with E-state index in [1.165, 1.54) is 4.88 Å². The second-order valence-corrected chi connectivity index (χ2v) is 7.90. The first-order valence-electron chi connectivity index (χ1n) is 9.53. The lowest BCUT2D eigenvalue weighted by molar-refractivity contribution is -0.116. The van der Waals surface area contributed by atoms with Gasteiger partial charge in [0.2, 0.25) is 5.91 Å². The van der Waals surface area contributed by atoms with Crippen molar-refractivity contribution in [1.29, 1.82) is 0 Å². The summed E-state index contributed by atoms with van der Waals surface area (Å²) in [7, 11) is 0. The quantitative estimate of drug-likeness (QED) is 0.425. The first-order chi connectivity index (χ1) is 13.5. The van der Waals surface area contributed by atoms with E-state index in [9.17, 15) is 4.79 Å². The van der Waals surface area contributed by atoms with Crippen LogP contribution in [0.5, 0.6) is 0 Å². The lowest BCUT2D eigenvalue weighted by Crippen LogP contribution is -2.38. The van der Waals surface area contributed by atoms with E-state index in [4.69, 9.17) is 11.6 Å². The van der Waals surface area contributed by atoms with Crippen LogP contribution in [0.1, 0.15) is 35.7 Å². The smallest absolute Gasteiger partial charge is 0.226 e. The zero-order valence-corrected chi connectivity index (χ0v) is 18.2. The van der Waals surface area contributed by atoms with Crippen LogP contribution in [0.2, 0.25) is 5.02 Å². The average molecular weight is 422 g/mol. The molecule has 152 valence electrons. The van der Waals surface area contributed by atoms with E-state index in [1.54, 1.807) is 11.3 Å². The molecule has 0 saturated carbocycles. The topological polar surface area (TPSA) is 78.4 Å². The molecule has 3 N–H and O–H groups in total. The van der Waals surface area contributed by atoms with Gasteiger partial charge in [-0.25, -0.2) is 4.98 Å². The van der Waals surface area contributed by atoms with Crippen LogP contribution in [0.15, 0.2) is 29.4 Å². The van der Waals surface area contributed by atoms with Crippen LogP contribution in [0, 0.1) is 6.92 Å². The molecule has 2 aromatic rings. The van der Waals surface area contributed by atoms with Crippen LogP contribution in [0.25, 0.3) is 0 Å². The Morgan fingerprint density at radius 2 is 2.11 bits per heavy atom. The zero-order chi connectivity index (χ0) is 20.4. The molecule has 0 aliphatic carbocycles. The number of aryl methyl sites for hydroxylation is 2. The Labute approximate surface area is 175 Å². The van der Waals surface area contributed by atoms with E-state index in [1.807, 2.05) is 38.2 Å². The van der Waals surface area contributed by atoms with Crippen LogP contribution in [0.3, 0.4) is 0 Å². The van der Waals surface area contributed by atoms with E-state index in [-0.39, 0.29) is 5.91 Å². The third kappa shape index (κ3) is 7.48. The SMILES string of the molecule is CCNC(=NCCc1ncc(CC)s1)NCCC(=O)Nc1ccc(C)cc1Cl. The molecule has 1 aromatic carbocycles. The highest BCUT2D eigenvalue weighted by atomic mass is 35.5. The monoisotopic (exact) mass is 421 g/mol. The minimum atomic E-state index is -0.0935. The van der Waals surface area contributed by atoms with Gasteiger partial charge >= 0.3 is 0 Å². The average Bonchev–Trinajstić information content (AvgIpc) is 3.12. The number of aliphatic imine (C=N–C) groups is 1. The fourth-order valence-corrected chi connectivity index (χ4v) is 3.59. The Hall–Kier alpha value is -2.12. The molecular weight excluding hydrogens is 394 g/mol. The molecular formula is C20H28ClN5OS. The number of hydrogen-bond acceptors (Lipinski definition) is 4. The van der Waals surface area contributed by atoms with Gasteiger partial charge in [-0.3, -0.25) is 9.79 Å². The number of amides is 1. The first-order valence-corrected chi connectivity index (χ1v) is 10.7. The maximum Gasteiger partial charge on any atom is 0.226 e. The van der Waals surface area contributed by atoms with Crippen LogP contribution in [-0.2, 0) is 17.6 Å². The number of benzene rings is 1. The molecule has 2 rings (SSSR count). The Morgan fingerprint density at radius 3 is 2.79 bits per heavy atom. The molecule has 0 saturated heterocycles. The number of hydrogen-bond donors (Lipinski definition) is 3. The zero-order valence-electron chi connectivity index (χ0n) is 16.6. The van der Waals surface area contributed by atoms with Gasteiger partial charge in [-0.2, -0.15) is 0 Å². The fourth-order valence-electron chi connectivity index (χ4n) is 2.46. The van der Waals surface area contributed by atoms with Crippen molar-refractivity contribution >= 4 is 40.5 Å². The van der Waals surface area contributed by atoms with Gasteiger partial charge in [0, 0.05) is 43.5 Å². The van der Waals surface area contributed by atoms with Gasteiger partial charge in [0.05, 0.1) is 15.7 Å². The van der Waals surface area contributed by atoms with Gasteiger partial charge in [-0.1, -0.05) is 24.6 Å². The maximum absolute atomic E-state index is 12.1. The number of carbonyl (C=O) groups is 1. The van der Waals surface area contributed by atoms with Crippen LogP contribution in [0.4, 0.5) is 5.69 Å². The molecule has 1 heterocycles. The minimum absolute atomic E-state index is 0.0935. The molecule has 1 amide bonds. The van der Waals surface area contributed by atoms with Crippen molar-refractivity contribution < 1.29 is 4.79 Å². The summed E-state index contributed by atoms with van der Waals surface area (Å²) in [4.78, 5) is 22.4. The second-order valence-electron chi connectivity index (χ2n) is 6.29. The molecule has 0 spiro atoms. The van der Waals surface area contributed by atoms with Crippen molar-refractivity contribution in [3.05, 3.63) is 44.9 Å². The molecule has 0 radical (unpaired) electrons. The number of carbonyl (C=O) groups excluding carboxylic acids is 1. The Kier molecular flexibility index (Phi) is 9.23. The second kappa shape index (κ2) is 11.7. The highest BCUT2D eigenvalue weighted by Crippen LogP contribution is 2.22. The van der Waals surface area contributed by atoms with Crippen LogP contribution in [-0.4, -0.2) is 36.5 Å². The van der Waals surface area contributed by atoms with Gasteiger partial charge in [-0.05, 0) is 38.0 Å². The van der Waals surface area contributed by atoms with E-state index in [0.717, 1.165) is 30.0 Å². The summed E-state index contributed by atoms with van der Waals surface area (Å²) in [6.07, 6.45) is 4.09. The normalized spacial score (nSPS) is 11.4. The summed E-state index contributed by atoms with van der Waals surface area (Å²) in [5.41, 5.74) is 1.69. The number of halogens is 1. The molecule has 0 fully saturated rings. The van der Waals surface area contributed by atoms with Gasteiger partial charge < -0.3 is 16.0 Å². The summed E-state index contributed by atoms with van der Waals surface area (Å²) >= 11 is 7.89. The summed E-state index contributed by atoms with van der Waals surface area (Å²) in [6.45, 7) is 7.99. The molecule has 0 bridgehead atoms. The number of anilines is 1. The van der Waals surface area contributed by atoms with E-state index in [2.05, 4.69) is 32.9 Å². The summed E-state index contributed by atoms with van der Waals surface area (Å²) < 4.78 is 0. The predicted molar refractivity (Wildman–Crippen MR) is 119 cm³/mol. The molecule has 0 atom stereocenters. The molecule has 8 heteroatoms. The summed E-state index contributed by atoms with van der Waals surface area (Å²) in [5, 5.41) is 10.9. The van der Waals surface area contributed by atoms with E-state index in [0.29, 0.717) is 36.2 Å². The lowest BCUT2D eigenvalue weighted by Gasteiger charge is -2.12. The Morgan fingerprint density at radius 1 is 1.29 bits per heavy atom. The van der Waals surface area contributed by atoms with Gasteiger partial charge in [0.25, 0.3) is 0 Å². The first kappa shape index (κ1) is 22.2. The Bertz CT molecular complexity index is 806. The van der Waals surface area contributed by atoms with Crippen molar-refractivity contribution in [3.63, 3.8) is 0 Å². The molecule has 0 aliphatic rings. The summed E-state index contributed by atoms with van der Waals surface area (Å²) in [6, 6.07) is 5.57. The summed E-state index contributed by atoms with van der Waals surface area (Å²) in [5.74, 6) is 0.611. The standard InChI is InChI=1S/C20H28ClN5OS/c1-4-15-13-25-19(28-15)9-11-24-20(22-5-2)23-10-8-18(27)26-17-7-6-14(3)12-16(17)21/h6-7,12-13H,4-5,8-11H2,1-3H3,(H,26,27)(H2,22,23,24). The molecule has 28 heavy (non-hydrogen) atoms. The van der Waals surface area contributed by atoms with Gasteiger partial charge in [0.1, 0.15) is 0 Å². The number of nitrogens with zero attached hydrogens (tertiary/aromatic N) is 2. The van der Waals surface area contributed by atoms with Crippen molar-refractivity contribution in [1.82, 2.24) is 15.6 Å². The van der Waals surface area contributed by atoms with E-state index >= 15 is 0 Å². The minimum Gasteiger partial charge on any atom is -0.357 e. The van der Waals surface area contributed by atoms with Crippen LogP contribution >= 0.6 is 22.9 Å². The van der Waals surface area contributed by atoms with Crippen molar-refractivity contribution in [2.24, 2.45) is 4.99 Å². The molecule has 0 unspecified atom stereocenters. The number of guanidine groups is 1. The number of thiazole rings is 1. The van der Waals surface area contributed by atoms with Crippen molar-refractivity contribution in [2.45, 2.75) is 40.0 Å². The predicted octanol–water partition coefficient (Wildman–Crippen LogP) is 3.79. The number of nitrogens with one attached hydrogen (secondary N) is 3. The number of rotatable bonds is 9. The fraction of sp³-hybridized carbons (Fsp3) is 0.450. The number of aromatic nitrogens is 1. The van der Waals surface area contributed by atoms with Crippen molar-refractivity contribution in [2.75, 3.05) is 25.0 Å². The van der Waals surface area contributed by atoms with E-state index < -0.39 is 0 Å². The highest BCUT2D eigenvalue weighted by molar-refractivity contribution is 7.11. The molecule has 6 nitrogen and oxygen atoms in total. The third-order valence-electron chi connectivity index (χ3n) is 3.93. The Balaban J connectivity index is 1.77. The molecule has 1 aromatic heterocycles. The highest BCUT2D eigenvalue weighted by Gasteiger charge is 2.07. The largest absolute Gasteiger partial charge is 0.357 e. The third-order valence-corrected chi connectivity index (χ3v) is 5.45. The maximum atomic E-state index is 12.1. The van der Waals surface area contributed by atoms with Gasteiger partial charge in [0.15, 0.2) is 5.96 Å². The van der Waals surface area contributed by atoms with Crippen molar-refractivity contribution in [3.8, 4) is 0 Å². The molecule has 0 aliphatic heterocycles. The van der Waals surface area contributed by atoms with Gasteiger partial charge in [-0.15, -0.1) is 11.3 Å². The van der Waals surface area contributed by atoms with Crippen LogP contribution < -0.4 is 16.0 Å². The lowest BCUT2D eigenvalue weighted by atomic mass is 10.2.